The van der Waals surface area contributed by atoms with Crippen molar-refractivity contribution in [3.05, 3.63) is 47.4 Å². The van der Waals surface area contributed by atoms with Crippen molar-refractivity contribution >= 4 is 17.3 Å². The van der Waals surface area contributed by atoms with Gasteiger partial charge in [0.25, 0.3) is 0 Å². The van der Waals surface area contributed by atoms with Crippen molar-refractivity contribution in [2.45, 2.75) is 38.2 Å². The smallest absolute Gasteiger partial charge is 0.358 e. The highest BCUT2D eigenvalue weighted by atomic mass is 32.1. The van der Waals surface area contributed by atoms with Crippen LogP contribution in [0.5, 0.6) is 0 Å². The first-order chi connectivity index (χ1) is 12.6. The number of carboxylic acid groups (broad SMARTS) is 1. The second-order valence-electron chi connectivity index (χ2n) is 5.68. The molecule has 0 spiro atoms. The van der Waals surface area contributed by atoms with Crippen LogP contribution < -0.4 is 17.0 Å². The highest BCUT2D eigenvalue weighted by Gasteiger charge is 2.19. The van der Waals surface area contributed by atoms with Crippen LogP contribution in [0.2, 0.25) is 0 Å². The van der Waals surface area contributed by atoms with Crippen LogP contribution in [0, 0.1) is 0 Å². The SMILES string of the molecule is NN/C(C(=O)O)=C(\N)OC1CCCCC1.c1ccc(-c2nncs2)cc1. The lowest BCUT2D eigenvalue weighted by molar-refractivity contribution is -0.133. The van der Waals surface area contributed by atoms with Crippen molar-refractivity contribution in [1.82, 2.24) is 15.6 Å². The number of carbonyl (C=O) groups is 1. The maximum Gasteiger partial charge on any atom is 0.358 e. The van der Waals surface area contributed by atoms with Crippen molar-refractivity contribution in [2.75, 3.05) is 0 Å². The van der Waals surface area contributed by atoms with Crippen molar-refractivity contribution in [3.63, 3.8) is 0 Å². The van der Waals surface area contributed by atoms with Gasteiger partial charge in [-0.2, -0.15) is 0 Å². The molecule has 0 saturated heterocycles. The molecule has 1 aliphatic carbocycles. The van der Waals surface area contributed by atoms with Gasteiger partial charge < -0.3 is 21.0 Å². The molecule has 6 N–H and O–H groups in total. The molecule has 1 aromatic carbocycles. The van der Waals surface area contributed by atoms with Gasteiger partial charge in [-0.05, 0) is 25.7 Å². The van der Waals surface area contributed by atoms with E-state index in [1.807, 2.05) is 35.8 Å². The number of benzene rings is 1. The third kappa shape index (κ3) is 6.01. The Morgan fingerprint density at radius 3 is 2.46 bits per heavy atom. The number of hydrogen-bond donors (Lipinski definition) is 4. The summed E-state index contributed by atoms with van der Waals surface area (Å²) in [4.78, 5) is 10.7. The van der Waals surface area contributed by atoms with Gasteiger partial charge >= 0.3 is 5.97 Å². The molecule has 1 heterocycles. The highest BCUT2D eigenvalue weighted by molar-refractivity contribution is 7.12. The molecule has 0 aliphatic heterocycles. The van der Waals surface area contributed by atoms with Crippen molar-refractivity contribution in [3.8, 4) is 10.6 Å². The molecule has 1 aliphatic rings. The molecular formula is C17H23N5O3S. The summed E-state index contributed by atoms with van der Waals surface area (Å²) in [5.41, 5.74) is 10.1. The monoisotopic (exact) mass is 377 g/mol. The molecule has 26 heavy (non-hydrogen) atoms. The van der Waals surface area contributed by atoms with Crippen LogP contribution in [0.1, 0.15) is 32.1 Å². The fourth-order valence-corrected chi connectivity index (χ4v) is 3.10. The maximum atomic E-state index is 10.7. The average molecular weight is 377 g/mol. The highest BCUT2D eigenvalue weighted by Crippen LogP contribution is 2.22. The van der Waals surface area contributed by atoms with Crippen LogP contribution in [-0.2, 0) is 9.53 Å². The van der Waals surface area contributed by atoms with Gasteiger partial charge in [0.1, 0.15) is 16.6 Å². The number of nitrogens with zero attached hydrogens (tertiary/aromatic N) is 2. The van der Waals surface area contributed by atoms with Gasteiger partial charge in [-0.3, -0.25) is 5.84 Å². The number of nitrogens with two attached hydrogens (primary N) is 2. The number of ether oxygens (including phenoxy) is 1. The Kier molecular flexibility index (Phi) is 7.84. The molecule has 1 aromatic heterocycles. The van der Waals surface area contributed by atoms with Crippen LogP contribution in [0.4, 0.5) is 0 Å². The van der Waals surface area contributed by atoms with Crippen molar-refractivity contribution in [1.29, 1.82) is 0 Å². The Labute approximate surface area is 155 Å². The van der Waals surface area contributed by atoms with E-state index >= 15 is 0 Å². The lowest BCUT2D eigenvalue weighted by Crippen LogP contribution is -2.32. The summed E-state index contributed by atoms with van der Waals surface area (Å²) in [7, 11) is 0. The van der Waals surface area contributed by atoms with E-state index in [-0.39, 0.29) is 17.7 Å². The zero-order valence-corrected chi connectivity index (χ0v) is 15.1. The molecule has 3 rings (SSSR count). The topological polar surface area (TPSA) is 136 Å². The molecule has 0 bridgehead atoms. The first kappa shape index (κ1) is 19.7. The van der Waals surface area contributed by atoms with Crippen LogP contribution in [-0.4, -0.2) is 27.4 Å². The minimum atomic E-state index is -1.22. The van der Waals surface area contributed by atoms with E-state index in [0.717, 1.165) is 36.3 Å². The molecule has 1 fully saturated rings. The molecule has 2 aromatic rings. The van der Waals surface area contributed by atoms with Crippen LogP contribution in [0.25, 0.3) is 10.6 Å². The van der Waals surface area contributed by atoms with Crippen LogP contribution in [0.3, 0.4) is 0 Å². The average Bonchev–Trinajstić information content (AvgIpc) is 3.19. The predicted molar refractivity (Wildman–Crippen MR) is 99.5 cm³/mol. The van der Waals surface area contributed by atoms with Gasteiger partial charge in [-0.25, -0.2) is 4.79 Å². The Hall–Kier alpha value is -2.65. The largest absolute Gasteiger partial charge is 0.476 e. The van der Waals surface area contributed by atoms with E-state index in [4.69, 9.17) is 21.4 Å². The minimum Gasteiger partial charge on any atom is -0.476 e. The molecule has 8 nitrogen and oxygen atoms in total. The van der Waals surface area contributed by atoms with E-state index in [0.29, 0.717) is 0 Å². The Morgan fingerprint density at radius 2 is 1.92 bits per heavy atom. The van der Waals surface area contributed by atoms with Gasteiger partial charge in [0.2, 0.25) is 5.88 Å². The summed E-state index contributed by atoms with van der Waals surface area (Å²) in [5.74, 6) is 3.67. The first-order valence-corrected chi connectivity index (χ1v) is 9.17. The summed E-state index contributed by atoms with van der Waals surface area (Å²) >= 11 is 1.55. The van der Waals surface area contributed by atoms with Gasteiger partial charge in [0, 0.05) is 5.56 Å². The summed E-state index contributed by atoms with van der Waals surface area (Å²) in [6, 6.07) is 10.0. The lowest BCUT2D eigenvalue weighted by Gasteiger charge is -2.23. The van der Waals surface area contributed by atoms with Gasteiger partial charge in [-0.15, -0.1) is 10.2 Å². The van der Waals surface area contributed by atoms with E-state index < -0.39 is 5.97 Å². The Balaban J connectivity index is 0.000000195. The third-order valence-electron chi connectivity index (χ3n) is 3.83. The van der Waals surface area contributed by atoms with E-state index in [1.165, 1.54) is 6.42 Å². The number of aliphatic carboxylic acids is 1. The third-order valence-corrected chi connectivity index (χ3v) is 4.57. The molecule has 0 unspecified atom stereocenters. The summed E-state index contributed by atoms with van der Waals surface area (Å²) in [6.45, 7) is 0. The standard InChI is InChI=1S/C9H17N3O3.C8H6N2S/c10-8(7(12-11)9(13)14)15-6-4-2-1-3-5-6;1-2-4-7(5-3-1)8-10-9-6-11-8/h6,12H,1-5,10-11H2,(H,13,14);1-6H/b8-7+;. The zero-order chi connectivity index (χ0) is 18.8. The number of rotatable bonds is 5. The molecule has 140 valence electrons. The fourth-order valence-electron chi connectivity index (χ4n) is 2.54. The fraction of sp³-hybridized carbons (Fsp3) is 0.353. The van der Waals surface area contributed by atoms with Gasteiger partial charge in [0.15, 0.2) is 5.70 Å². The summed E-state index contributed by atoms with van der Waals surface area (Å²) in [6.07, 6.45) is 5.23. The second kappa shape index (κ2) is 10.4. The number of aromatic nitrogens is 2. The molecular weight excluding hydrogens is 354 g/mol. The zero-order valence-electron chi connectivity index (χ0n) is 14.3. The number of nitrogens with one attached hydrogen (secondary N) is 1. The summed E-state index contributed by atoms with van der Waals surface area (Å²) < 4.78 is 5.34. The van der Waals surface area contributed by atoms with Crippen LogP contribution in [0.15, 0.2) is 47.4 Å². The molecule has 0 atom stereocenters. The predicted octanol–water partition coefficient (Wildman–Crippen LogP) is 2.22. The van der Waals surface area contributed by atoms with Crippen molar-refractivity contribution < 1.29 is 14.6 Å². The van der Waals surface area contributed by atoms with Gasteiger partial charge in [-0.1, -0.05) is 48.1 Å². The van der Waals surface area contributed by atoms with Gasteiger partial charge in [0.05, 0.1) is 0 Å². The Morgan fingerprint density at radius 1 is 1.23 bits per heavy atom. The normalized spacial score (nSPS) is 15.3. The number of hydrogen-bond acceptors (Lipinski definition) is 8. The Bertz CT molecular complexity index is 700. The first-order valence-electron chi connectivity index (χ1n) is 8.29. The van der Waals surface area contributed by atoms with Crippen LogP contribution >= 0.6 is 11.3 Å². The summed E-state index contributed by atoms with van der Waals surface area (Å²) in [5, 5.41) is 17.4. The quantitative estimate of drug-likeness (QED) is 0.269. The number of hydrazine groups is 1. The molecule has 0 radical (unpaired) electrons. The maximum absolute atomic E-state index is 10.7. The number of carboxylic acids is 1. The van der Waals surface area contributed by atoms with E-state index in [9.17, 15) is 4.79 Å². The van der Waals surface area contributed by atoms with Crippen molar-refractivity contribution in [2.24, 2.45) is 11.6 Å². The molecule has 1 saturated carbocycles. The minimum absolute atomic E-state index is 0.0152. The van der Waals surface area contributed by atoms with E-state index in [2.05, 4.69) is 10.2 Å². The second-order valence-corrected chi connectivity index (χ2v) is 6.51. The van der Waals surface area contributed by atoms with E-state index in [1.54, 1.807) is 16.8 Å². The lowest BCUT2D eigenvalue weighted by atomic mass is 9.98. The molecule has 9 heteroatoms. The molecule has 0 amide bonds.